The minimum Gasteiger partial charge on any atom is -0.299 e. The van der Waals surface area contributed by atoms with E-state index in [9.17, 15) is 14.9 Å². The lowest BCUT2D eigenvalue weighted by molar-refractivity contribution is -0.481. The van der Waals surface area contributed by atoms with Crippen LogP contribution in [0.1, 0.15) is 50.7 Å². The molecule has 0 N–H and O–H groups in total. The largest absolute Gasteiger partial charge is 0.299 e. The van der Waals surface area contributed by atoms with Gasteiger partial charge in [-0.15, -0.1) is 0 Å². The van der Waals surface area contributed by atoms with Crippen molar-refractivity contribution in [1.82, 2.24) is 0 Å². The molecule has 1 aromatic carbocycles. The number of ketones is 1. The lowest BCUT2D eigenvalue weighted by atomic mass is 9.91. The van der Waals surface area contributed by atoms with Crippen LogP contribution >= 0.6 is 0 Å². The summed E-state index contributed by atoms with van der Waals surface area (Å²) in [5.41, 5.74) is 1.76. The predicted octanol–water partition coefficient (Wildman–Crippen LogP) is 3.75. The maximum Gasteiger partial charge on any atom is 0.217 e. The van der Waals surface area contributed by atoms with Gasteiger partial charge in [0.1, 0.15) is 11.7 Å². The first-order valence-corrected chi connectivity index (χ1v) is 6.75. The molecule has 0 spiro atoms. The standard InChI is InChI=1S/C13H17NO3.C2H6/c1-3-5-13(15)12(9-14(16)17)11-7-4-6-10(2)8-11;1-2/h4,6-8,12H,3,5,9H2,1-2H3;1-2H3. The highest BCUT2D eigenvalue weighted by molar-refractivity contribution is 5.85. The smallest absolute Gasteiger partial charge is 0.217 e. The Balaban J connectivity index is 0.00000154. The number of carbonyl (C=O) groups is 1. The molecular weight excluding hydrogens is 242 g/mol. The molecule has 0 saturated carbocycles. The summed E-state index contributed by atoms with van der Waals surface area (Å²) in [5.74, 6) is -0.653. The van der Waals surface area contributed by atoms with Crippen molar-refractivity contribution >= 4 is 5.78 Å². The Labute approximate surface area is 115 Å². The summed E-state index contributed by atoms with van der Waals surface area (Å²) in [6, 6.07) is 7.38. The van der Waals surface area contributed by atoms with Crippen LogP contribution in [0, 0.1) is 17.0 Å². The molecule has 0 aliphatic rings. The van der Waals surface area contributed by atoms with Gasteiger partial charge in [-0.3, -0.25) is 14.9 Å². The van der Waals surface area contributed by atoms with Gasteiger partial charge in [0.2, 0.25) is 6.54 Å². The van der Waals surface area contributed by atoms with Gasteiger partial charge in [0.15, 0.2) is 0 Å². The second-order valence-electron chi connectivity index (χ2n) is 4.20. The molecule has 0 radical (unpaired) electrons. The molecule has 1 aromatic rings. The van der Waals surface area contributed by atoms with E-state index in [1.807, 2.05) is 45.9 Å². The van der Waals surface area contributed by atoms with Gasteiger partial charge < -0.3 is 0 Å². The van der Waals surface area contributed by atoms with Crippen LogP contribution in [0.2, 0.25) is 0 Å². The number of aryl methyl sites for hydroxylation is 1. The summed E-state index contributed by atoms with van der Waals surface area (Å²) in [6.07, 6.45) is 1.12. The van der Waals surface area contributed by atoms with Crippen molar-refractivity contribution in [3.63, 3.8) is 0 Å². The predicted molar refractivity (Wildman–Crippen MR) is 77.0 cm³/mol. The monoisotopic (exact) mass is 265 g/mol. The van der Waals surface area contributed by atoms with Gasteiger partial charge in [-0.2, -0.15) is 0 Å². The quantitative estimate of drug-likeness (QED) is 0.581. The SMILES string of the molecule is CC.CCCC(=O)C(C[N+](=O)[O-])c1cccc(C)c1. The zero-order valence-electron chi connectivity index (χ0n) is 12.2. The minimum atomic E-state index is -0.607. The molecule has 0 fully saturated rings. The molecule has 4 heteroatoms. The fraction of sp³-hybridized carbons (Fsp3) is 0.533. The van der Waals surface area contributed by atoms with E-state index in [1.54, 1.807) is 6.07 Å². The average Bonchev–Trinajstić information content (AvgIpc) is 2.38. The fourth-order valence-corrected chi connectivity index (χ4v) is 1.85. The van der Waals surface area contributed by atoms with Crippen molar-refractivity contribution in [2.75, 3.05) is 6.54 Å². The van der Waals surface area contributed by atoms with Crippen molar-refractivity contribution in [1.29, 1.82) is 0 Å². The molecule has 106 valence electrons. The van der Waals surface area contributed by atoms with Gasteiger partial charge in [0.05, 0.1) is 0 Å². The highest BCUT2D eigenvalue weighted by Crippen LogP contribution is 2.20. The van der Waals surface area contributed by atoms with E-state index in [2.05, 4.69) is 0 Å². The van der Waals surface area contributed by atoms with Crippen molar-refractivity contribution in [2.45, 2.75) is 46.5 Å². The van der Waals surface area contributed by atoms with Gasteiger partial charge in [-0.05, 0) is 18.9 Å². The van der Waals surface area contributed by atoms with Crippen LogP contribution in [-0.2, 0) is 4.79 Å². The fourth-order valence-electron chi connectivity index (χ4n) is 1.85. The van der Waals surface area contributed by atoms with E-state index in [1.165, 1.54) is 0 Å². The van der Waals surface area contributed by atoms with E-state index in [-0.39, 0.29) is 12.3 Å². The second kappa shape index (κ2) is 9.25. The van der Waals surface area contributed by atoms with E-state index in [4.69, 9.17) is 0 Å². The number of nitro groups is 1. The summed E-state index contributed by atoms with van der Waals surface area (Å²) in [4.78, 5) is 22.1. The van der Waals surface area contributed by atoms with Gasteiger partial charge in [0, 0.05) is 11.3 Å². The first-order valence-electron chi connectivity index (χ1n) is 6.75. The normalized spacial score (nSPS) is 11.2. The molecular formula is C15H23NO3. The summed E-state index contributed by atoms with van der Waals surface area (Å²) in [5, 5.41) is 10.6. The molecule has 0 aliphatic carbocycles. The number of nitrogens with zero attached hydrogens (tertiary/aromatic N) is 1. The number of Topliss-reactive ketones (excluding diaryl/α,β-unsaturated/α-hetero) is 1. The molecule has 0 heterocycles. The van der Waals surface area contributed by atoms with Crippen LogP contribution in [0.25, 0.3) is 0 Å². The number of hydrogen-bond donors (Lipinski definition) is 0. The van der Waals surface area contributed by atoms with Crippen LogP contribution < -0.4 is 0 Å². The Morgan fingerprint density at radius 3 is 2.47 bits per heavy atom. The van der Waals surface area contributed by atoms with Gasteiger partial charge >= 0.3 is 0 Å². The Bertz CT molecular complexity index is 416. The molecule has 0 aromatic heterocycles. The van der Waals surface area contributed by atoms with Gasteiger partial charge in [-0.1, -0.05) is 50.6 Å². The average molecular weight is 265 g/mol. The third-order valence-corrected chi connectivity index (χ3v) is 2.66. The molecule has 0 amide bonds. The molecule has 4 nitrogen and oxygen atoms in total. The summed E-state index contributed by atoms with van der Waals surface area (Å²) in [6.45, 7) is 7.50. The summed E-state index contributed by atoms with van der Waals surface area (Å²) < 4.78 is 0. The van der Waals surface area contributed by atoms with E-state index >= 15 is 0 Å². The second-order valence-corrected chi connectivity index (χ2v) is 4.20. The highest BCUT2D eigenvalue weighted by Gasteiger charge is 2.24. The van der Waals surface area contributed by atoms with Crippen molar-refractivity contribution in [3.05, 3.63) is 45.5 Å². The molecule has 0 saturated heterocycles. The lowest BCUT2D eigenvalue weighted by Crippen LogP contribution is -2.21. The Morgan fingerprint density at radius 2 is 2.00 bits per heavy atom. The first-order chi connectivity index (χ1) is 9.04. The zero-order valence-corrected chi connectivity index (χ0v) is 12.2. The van der Waals surface area contributed by atoms with Crippen LogP contribution in [-0.4, -0.2) is 17.3 Å². The van der Waals surface area contributed by atoms with Crippen molar-refractivity contribution in [2.24, 2.45) is 0 Å². The maximum absolute atomic E-state index is 11.9. The third-order valence-electron chi connectivity index (χ3n) is 2.66. The summed E-state index contributed by atoms with van der Waals surface area (Å²) in [7, 11) is 0. The number of carbonyl (C=O) groups excluding carboxylic acids is 1. The van der Waals surface area contributed by atoms with E-state index < -0.39 is 10.8 Å². The molecule has 19 heavy (non-hydrogen) atoms. The molecule has 0 aliphatic heterocycles. The minimum absolute atomic E-state index is 0.0465. The molecule has 1 unspecified atom stereocenters. The van der Waals surface area contributed by atoms with Gasteiger partial charge in [-0.25, -0.2) is 0 Å². The van der Waals surface area contributed by atoms with Crippen molar-refractivity contribution < 1.29 is 9.72 Å². The molecule has 0 bridgehead atoms. The Morgan fingerprint density at radius 1 is 1.37 bits per heavy atom. The van der Waals surface area contributed by atoms with Crippen LogP contribution in [0.5, 0.6) is 0 Å². The third kappa shape index (κ3) is 6.13. The first kappa shape index (κ1) is 17.3. The molecule has 1 rings (SSSR count). The Kier molecular flexibility index (Phi) is 8.42. The van der Waals surface area contributed by atoms with Crippen LogP contribution in [0.15, 0.2) is 24.3 Å². The summed E-state index contributed by atoms with van der Waals surface area (Å²) >= 11 is 0. The Hall–Kier alpha value is -1.71. The maximum atomic E-state index is 11.9. The van der Waals surface area contributed by atoms with Crippen LogP contribution in [0.4, 0.5) is 0 Å². The van der Waals surface area contributed by atoms with Crippen LogP contribution in [0.3, 0.4) is 0 Å². The number of benzene rings is 1. The van der Waals surface area contributed by atoms with E-state index in [0.29, 0.717) is 6.42 Å². The van der Waals surface area contributed by atoms with Crippen molar-refractivity contribution in [3.8, 4) is 0 Å². The highest BCUT2D eigenvalue weighted by atomic mass is 16.6. The van der Waals surface area contributed by atoms with Gasteiger partial charge in [0.25, 0.3) is 0 Å². The lowest BCUT2D eigenvalue weighted by Gasteiger charge is -2.12. The number of rotatable bonds is 6. The van der Waals surface area contributed by atoms with E-state index in [0.717, 1.165) is 17.5 Å². The number of hydrogen-bond acceptors (Lipinski definition) is 3. The molecule has 1 atom stereocenters. The topological polar surface area (TPSA) is 60.2 Å². The zero-order chi connectivity index (χ0) is 14.8.